The number of hydrogen-bond acceptors (Lipinski definition) is 25. The molecule has 110 heavy (non-hydrogen) atoms. The first-order valence-electron chi connectivity index (χ1n) is 33.4. The Hall–Kier alpha value is -11.6. The number of aryl methyl sites for hydroxylation is 1. The maximum Gasteiger partial charge on any atom is 0.306 e. The molecule has 0 fully saturated rings. The van der Waals surface area contributed by atoms with Crippen LogP contribution in [-0.4, -0.2) is 143 Å². The number of rotatable bonds is 32. The van der Waals surface area contributed by atoms with Crippen molar-refractivity contribution in [2.24, 2.45) is 0 Å². The Morgan fingerprint density at radius 2 is 0.836 bits per heavy atom. The fourth-order valence-electron chi connectivity index (χ4n) is 10.9. The molecule has 0 spiro atoms. The monoisotopic (exact) mass is 1590 g/mol. The zero-order valence-electron chi connectivity index (χ0n) is 63.4. The first-order chi connectivity index (χ1) is 52.0. The molecule has 9 rings (SSSR count). The number of terminal acetylenes is 1. The summed E-state index contributed by atoms with van der Waals surface area (Å²) in [6.45, 7) is 14.7. The van der Waals surface area contributed by atoms with Crippen LogP contribution in [0.4, 0.5) is 0 Å². The van der Waals surface area contributed by atoms with Gasteiger partial charge in [0, 0.05) is 29.5 Å². The van der Waals surface area contributed by atoms with Crippen LogP contribution in [0, 0.1) is 19.3 Å². The van der Waals surface area contributed by atoms with Crippen LogP contribution in [0.25, 0.3) is 66.8 Å². The number of methoxy groups -OCH3 is 6. The van der Waals surface area contributed by atoms with Gasteiger partial charge in [0.25, 0.3) is 0 Å². The molecule has 29 heteroatoms. The van der Waals surface area contributed by atoms with E-state index in [4.69, 9.17) is 70.5 Å². The quantitative estimate of drug-likeness (QED) is 0.0153. The number of hydrogen-bond donors (Lipinski definition) is 3. The van der Waals surface area contributed by atoms with Crippen LogP contribution < -0.4 is 64.1 Å². The first kappa shape index (κ1) is 85.7. The van der Waals surface area contributed by atoms with E-state index in [1.165, 1.54) is 73.0 Å². The van der Waals surface area contributed by atoms with Gasteiger partial charge in [-0.25, -0.2) is 0 Å². The minimum absolute atomic E-state index is 0.0545. The molecule has 586 valence electrons. The van der Waals surface area contributed by atoms with Crippen molar-refractivity contribution in [2.45, 2.75) is 47.5 Å². The Morgan fingerprint density at radius 1 is 0.427 bits per heavy atom. The second-order valence-corrected chi connectivity index (χ2v) is 30.9. The van der Waals surface area contributed by atoms with Gasteiger partial charge in [-0.2, -0.15) is 33.7 Å². The fourth-order valence-corrected chi connectivity index (χ4v) is 12.7. The summed E-state index contributed by atoms with van der Waals surface area (Å²) in [5, 5.41) is 30.9. The van der Waals surface area contributed by atoms with Crippen LogP contribution in [0.15, 0.2) is 169 Å². The number of benzene rings is 9. The molecule has 9 aromatic carbocycles. The van der Waals surface area contributed by atoms with Crippen LogP contribution in [0.1, 0.15) is 46.1 Å². The normalized spacial score (nSPS) is 11.1. The minimum Gasteiger partial charge on any atom is -0.508 e. The highest BCUT2D eigenvalue weighted by Crippen LogP contribution is 2.55. The third-order valence-corrected chi connectivity index (χ3v) is 17.6. The molecule has 0 unspecified atom stereocenters. The Balaban J connectivity index is 0.000000232. The summed E-state index contributed by atoms with van der Waals surface area (Å²) in [6, 6.07) is 39.3. The van der Waals surface area contributed by atoms with Gasteiger partial charge in [0.15, 0.2) is 57.5 Å². The number of ether oxygens (including phenoxy) is 10. The molecular formula is C81H88O25S4. The summed E-state index contributed by atoms with van der Waals surface area (Å²) in [6.07, 6.45) is 12.1. The molecule has 0 bridgehead atoms. The summed E-state index contributed by atoms with van der Waals surface area (Å²) < 4.78 is 173. The number of phenolic OH excluding ortho intramolecular Hbond substituents is 3. The highest BCUT2D eigenvalue weighted by molar-refractivity contribution is 7.87. The predicted molar refractivity (Wildman–Crippen MR) is 423 cm³/mol. The summed E-state index contributed by atoms with van der Waals surface area (Å²) in [4.78, 5) is 0. The molecule has 0 saturated carbocycles. The first-order valence-corrected chi connectivity index (χ1v) is 40.7. The van der Waals surface area contributed by atoms with Gasteiger partial charge in [-0.15, -0.1) is 18.9 Å². The second kappa shape index (κ2) is 38.0. The van der Waals surface area contributed by atoms with E-state index in [2.05, 4.69) is 12.5 Å². The van der Waals surface area contributed by atoms with Crippen LogP contribution in [0.3, 0.4) is 0 Å². The summed E-state index contributed by atoms with van der Waals surface area (Å²) >= 11 is 0. The van der Waals surface area contributed by atoms with E-state index in [1.54, 1.807) is 116 Å². The molecule has 0 atom stereocenters. The van der Waals surface area contributed by atoms with E-state index in [0.717, 1.165) is 53.7 Å². The molecule has 0 aliphatic heterocycles. The van der Waals surface area contributed by atoms with Gasteiger partial charge in [-0.3, -0.25) is 0 Å². The van der Waals surface area contributed by atoms with Crippen LogP contribution in [0.2, 0.25) is 0 Å². The Bertz CT molecular complexity index is 5320. The van der Waals surface area contributed by atoms with E-state index in [0.29, 0.717) is 121 Å². The van der Waals surface area contributed by atoms with Crippen molar-refractivity contribution in [3.8, 4) is 177 Å². The number of aromatic hydroxyl groups is 3. The van der Waals surface area contributed by atoms with Crippen molar-refractivity contribution in [3.05, 3.63) is 175 Å². The smallest absolute Gasteiger partial charge is 0.306 e. The average Bonchev–Trinajstić information content (AvgIpc) is 0.771. The van der Waals surface area contributed by atoms with E-state index in [-0.39, 0.29) is 70.7 Å². The zero-order valence-corrected chi connectivity index (χ0v) is 66.7. The molecule has 0 aliphatic rings. The van der Waals surface area contributed by atoms with E-state index < -0.39 is 40.5 Å². The molecule has 0 radical (unpaired) electrons. The van der Waals surface area contributed by atoms with Gasteiger partial charge in [0.1, 0.15) is 46.9 Å². The molecule has 0 aromatic heterocycles. The number of phenols is 3. The van der Waals surface area contributed by atoms with Gasteiger partial charge in [-0.05, 0) is 171 Å². The third kappa shape index (κ3) is 23.5. The summed E-state index contributed by atoms with van der Waals surface area (Å²) in [7, 11) is -6.68. The topological polar surface area (TPSA) is 326 Å². The lowest BCUT2D eigenvalue weighted by Crippen LogP contribution is -2.10. The largest absolute Gasteiger partial charge is 0.508 e. The predicted octanol–water partition coefficient (Wildman–Crippen LogP) is 15.4. The fraction of sp³-hybridized carbons (Fsp3) is 0.259. The van der Waals surface area contributed by atoms with Crippen molar-refractivity contribution in [2.75, 3.05) is 94.1 Å². The molecule has 9 aromatic rings. The summed E-state index contributed by atoms with van der Waals surface area (Å²) in [5.41, 5.74) is 9.03. The maximum absolute atomic E-state index is 12.5. The van der Waals surface area contributed by atoms with E-state index in [1.807, 2.05) is 39.8 Å². The van der Waals surface area contributed by atoms with Gasteiger partial charge in [0.05, 0.1) is 104 Å². The van der Waals surface area contributed by atoms with Gasteiger partial charge in [-0.1, -0.05) is 65.7 Å². The lowest BCUT2D eigenvalue weighted by Gasteiger charge is -2.22. The second-order valence-electron chi connectivity index (χ2n) is 24.6. The maximum atomic E-state index is 12.5. The SMILES string of the molecule is C#CCCOc1ccc(-c2c(OC)cc(-c3ccc(O)cc3)c(OC)c2O)cc1O.C=C(C)CCOc1ccc(-c2c(OC)cc(-c3ccc(OS(C)(=O)=O)cc3)c(OC)c2OS(C)(=O)=O)cc1C.CCOc1c(-c2ccc(OS(C)(=O)=O)cc2)cc(OC)c(-c2ccc(OCC=C(C)C)c(OC)c2)c1OS(C)(=O)=O. The van der Waals surface area contributed by atoms with Crippen LogP contribution in [-0.2, 0) is 40.5 Å². The lowest BCUT2D eigenvalue weighted by molar-refractivity contribution is 0.307. The third-order valence-electron chi connectivity index (χ3n) is 15.6. The van der Waals surface area contributed by atoms with Crippen molar-refractivity contribution in [1.29, 1.82) is 0 Å². The average molecular weight is 1590 g/mol. The summed E-state index contributed by atoms with van der Waals surface area (Å²) in [5.74, 6) is 5.90. The van der Waals surface area contributed by atoms with Crippen molar-refractivity contribution < 1.29 is 113 Å². The minimum atomic E-state index is -4.03. The zero-order chi connectivity index (χ0) is 81.0. The molecular weight excluding hydrogens is 1500 g/mol. The van der Waals surface area contributed by atoms with Crippen molar-refractivity contribution >= 4 is 40.5 Å². The molecule has 0 amide bonds. The molecule has 0 aliphatic carbocycles. The lowest BCUT2D eigenvalue weighted by atomic mass is 9.95. The Kier molecular flexibility index (Phi) is 29.6. The Morgan fingerprint density at radius 3 is 1.26 bits per heavy atom. The van der Waals surface area contributed by atoms with E-state index in [9.17, 15) is 49.0 Å². The van der Waals surface area contributed by atoms with E-state index >= 15 is 0 Å². The molecule has 25 nitrogen and oxygen atoms in total. The highest BCUT2D eigenvalue weighted by Gasteiger charge is 2.30. The van der Waals surface area contributed by atoms with Crippen molar-refractivity contribution in [3.63, 3.8) is 0 Å². The van der Waals surface area contributed by atoms with Crippen LogP contribution in [0.5, 0.6) is 97.7 Å². The molecule has 3 N–H and O–H groups in total. The van der Waals surface area contributed by atoms with Gasteiger partial charge in [0.2, 0.25) is 0 Å². The van der Waals surface area contributed by atoms with Gasteiger partial charge < -0.3 is 79.4 Å². The number of allylic oxidation sites excluding steroid dienone is 1. The van der Waals surface area contributed by atoms with Gasteiger partial charge >= 0.3 is 40.5 Å². The molecule has 0 saturated heterocycles. The van der Waals surface area contributed by atoms with Crippen molar-refractivity contribution in [1.82, 2.24) is 0 Å². The highest BCUT2D eigenvalue weighted by atomic mass is 32.2. The standard InChI is InChI=1S/C29H34O10S2.C28H32O9S2.C24H22O6/c1-8-36-28-23(20-9-12-22(13-10-20)38-40(6,30)31)18-26(35-5)27(29(28)39-41(7,32)33)21-11-14-24(25(17-21)34-4)37-16-15-19(2)3;1-18(2)14-15-35-24-13-10-21(16-19(24)3)26-25(33-4)17-23(27(34-5)28(26)37-39(7,31)32)20-8-11-22(12-9-20)36-38(6,29)30;1-4-5-12-30-20-11-8-16(13-19(20)26)22-21(28-2)14-18(24(29-3)23(22)27)15-6-9-17(25)10-7-15/h9-15,17-18H,8,16H2,1-7H3;8-13,16-17H,1,14-15H2,2-7H3;1,6-11,13-14,25-27H,5,12H2,2-3H3. The molecule has 0 heterocycles. The Labute approximate surface area is 643 Å². The van der Waals surface area contributed by atoms with Crippen LogP contribution >= 0.6 is 0 Å².